The molecule has 5 heteroatoms. The Labute approximate surface area is 166 Å². The summed E-state index contributed by atoms with van der Waals surface area (Å²) in [6.45, 7) is 0.0894. The van der Waals surface area contributed by atoms with Crippen LogP contribution in [0, 0.1) is 5.82 Å². The number of imide groups is 1. The Bertz CT molecular complexity index is 1270. The molecule has 5 rings (SSSR count). The molecule has 1 aliphatic rings. The molecule has 0 bridgehead atoms. The van der Waals surface area contributed by atoms with Crippen molar-refractivity contribution in [3.63, 3.8) is 0 Å². The fourth-order valence-corrected chi connectivity index (χ4v) is 3.83. The lowest BCUT2D eigenvalue weighted by Gasteiger charge is -2.14. The van der Waals surface area contributed by atoms with E-state index in [0.29, 0.717) is 33.2 Å². The van der Waals surface area contributed by atoms with Crippen molar-refractivity contribution in [1.82, 2.24) is 9.88 Å². The molecule has 0 atom stereocenters. The van der Waals surface area contributed by atoms with Crippen LogP contribution >= 0.6 is 0 Å². The van der Waals surface area contributed by atoms with E-state index in [-0.39, 0.29) is 18.4 Å². The number of amides is 2. The quantitative estimate of drug-likeness (QED) is 0.477. The van der Waals surface area contributed by atoms with E-state index in [0.717, 1.165) is 5.56 Å². The van der Waals surface area contributed by atoms with E-state index < -0.39 is 5.82 Å². The van der Waals surface area contributed by atoms with Gasteiger partial charge in [0, 0.05) is 11.8 Å². The van der Waals surface area contributed by atoms with Gasteiger partial charge in [-0.05, 0) is 46.7 Å². The SMILES string of the molecule is O=C1c2cc3ccc(F)cc3c(-c3ccccc3)c2C(=O)N1Cc1ccccn1. The predicted molar refractivity (Wildman–Crippen MR) is 108 cm³/mol. The van der Waals surface area contributed by atoms with Gasteiger partial charge in [-0.25, -0.2) is 4.39 Å². The highest BCUT2D eigenvalue weighted by Crippen LogP contribution is 2.39. The zero-order valence-corrected chi connectivity index (χ0v) is 15.3. The molecule has 2 amide bonds. The van der Waals surface area contributed by atoms with E-state index in [9.17, 15) is 14.0 Å². The Morgan fingerprint density at radius 3 is 2.38 bits per heavy atom. The Kier molecular flexibility index (Phi) is 3.95. The monoisotopic (exact) mass is 382 g/mol. The summed E-state index contributed by atoms with van der Waals surface area (Å²) in [6.07, 6.45) is 1.62. The van der Waals surface area contributed by atoms with Gasteiger partial charge < -0.3 is 0 Å². The summed E-state index contributed by atoms with van der Waals surface area (Å²) in [5.41, 5.74) is 2.62. The van der Waals surface area contributed by atoms with Crippen LogP contribution in [0.25, 0.3) is 21.9 Å². The lowest BCUT2D eigenvalue weighted by Crippen LogP contribution is -2.29. The second-order valence-electron chi connectivity index (χ2n) is 6.92. The van der Waals surface area contributed by atoms with Gasteiger partial charge in [0.25, 0.3) is 11.8 Å². The second kappa shape index (κ2) is 6.63. The predicted octanol–water partition coefficient (Wildman–Crippen LogP) is 4.84. The molecule has 1 aromatic heterocycles. The van der Waals surface area contributed by atoms with Crippen LogP contribution in [-0.2, 0) is 6.54 Å². The van der Waals surface area contributed by atoms with E-state index in [1.165, 1.54) is 17.0 Å². The Morgan fingerprint density at radius 2 is 1.62 bits per heavy atom. The van der Waals surface area contributed by atoms with Crippen LogP contribution in [0.2, 0.25) is 0 Å². The lowest BCUT2D eigenvalue weighted by molar-refractivity contribution is 0.0640. The summed E-state index contributed by atoms with van der Waals surface area (Å²) in [7, 11) is 0. The van der Waals surface area contributed by atoms with Gasteiger partial charge in [-0.15, -0.1) is 0 Å². The number of pyridine rings is 1. The van der Waals surface area contributed by atoms with Gasteiger partial charge in [0.15, 0.2) is 0 Å². The number of fused-ring (bicyclic) bond motifs is 2. The van der Waals surface area contributed by atoms with Crippen molar-refractivity contribution in [2.24, 2.45) is 0 Å². The van der Waals surface area contributed by atoms with E-state index in [2.05, 4.69) is 4.98 Å². The van der Waals surface area contributed by atoms with Gasteiger partial charge in [-0.3, -0.25) is 19.5 Å². The minimum Gasteiger partial charge on any atom is -0.269 e. The Balaban J connectivity index is 1.75. The molecule has 0 spiro atoms. The summed E-state index contributed by atoms with van der Waals surface area (Å²) in [5.74, 6) is -1.14. The number of carbonyl (C=O) groups is 2. The molecule has 0 fully saturated rings. The van der Waals surface area contributed by atoms with Gasteiger partial charge in [-0.1, -0.05) is 42.5 Å². The number of hydrogen-bond acceptors (Lipinski definition) is 3. The highest BCUT2D eigenvalue weighted by Gasteiger charge is 2.38. The third kappa shape index (κ3) is 2.79. The van der Waals surface area contributed by atoms with Crippen LogP contribution in [0.15, 0.2) is 79.0 Å². The molecular weight excluding hydrogens is 367 g/mol. The summed E-state index contributed by atoms with van der Waals surface area (Å²) < 4.78 is 14.1. The minimum atomic E-state index is -0.392. The van der Waals surface area contributed by atoms with Gasteiger partial charge >= 0.3 is 0 Å². The normalized spacial score (nSPS) is 13.2. The zero-order valence-electron chi connectivity index (χ0n) is 15.3. The maximum Gasteiger partial charge on any atom is 0.262 e. The number of halogens is 1. The maximum atomic E-state index is 14.1. The summed E-state index contributed by atoms with van der Waals surface area (Å²) in [6, 6.07) is 20.7. The minimum absolute atomic E-state index is 0.0894. The molecule has 29 heavy (non-hydrogen) atoms. The van der Waals surface area contributed by atoms with Gasteiger partial charge in [0.05, 0.1) is 23.4 Å². The van der Waals surface area contributed by atoms with Crippen molar-refractivity contribution in [3.05, 3.63) is 102 Å². The molecule has 4 nitrogen and oxygen atoms in total. The van der Waals surface area contributed by atoms with Crippen LogP contribution in [0.5, 0.6) is 0 Å². The van der Waals surface area contributed by atoms with Crippen LogP contribution in [0.4, 0.5) is 4.39 Å². The average Bonchev–Trinajstić information content (AvgIpc) is 2.98. The second-order valence-corrected chi connectivity index (χ2v) is 6.92. The highest BCUT2D eigenvalue weighted by atomic mass is 19.1. The molecule has 140 valence electrons. The van der Waals surface area contributed by atoms with Gasteiger partial charge in [-0.2, -0.15) is 0 Å². The van der Waals surface area contributed by atoms with E-state index >= 15 is 0 Å². The van der Waals surface area contributed by atoms with E-state index in [4.69, 9.17) is 0 Å². The van der Waals surface area contributed by atoms with Crippen molar-refractivity contribution in [2.45, 2.75) is 6.54 Å². The number of aromatic nitrogens is 1. The Morgan fingerprint density at radius 1 is 0.828 bits per heavy atom. The van der Waals surface area contributed by atoms with Crippen molar-refractivity contribution in [1.29, 1.82) is 0 Å². The van der Waals surface area contributed by atoms with Crippen molar-refractivity contribution >= 4 is 22.6 Å². The zero-order chi connectivity index (χ0) is 20.0. The molecule has 0 saturated heterocycles. The molecule has 0 N–H and O–H groups in total. The van der Waals surface area contributed by atoms with Gasteiger partial charge in [0.2, 0.25) is 0 Å². The van der Waals surface area contributed by atoms with Crippen molar-refractivity contribution in [2.75, 3.05) is 0 Å². The van der Waals surface area contributed by atoms with Crippen LogP contribution in [0.1, 0.15) is 26.4 Å². The van der Waals surface area contributed by atoms with Crippen LogP contribution < -0.4 is 0 Å². The molecule has 1 aliphatic heterocycles. The molecule has 4 aromatic rings. The number of carbonyl (C=O) groups excluding carboxylic acids is 2. The fourth-order valence-electron chi connectivity index (χ4n) is 3.83. The molecule has 0 saturated carbocycles. The third-order valence-electron chi connectivity index (χ3n) is 5.15. The molecule has 3 aromatic carbocycles. The fraction of sp³-hybridized carbons (Fsp3) is 0.0417. The first-order valence-corrected chi connectivity index (χ1v) is 9.21. The molecule has 2 heterocycles. The number of rotatable bonds is 3. The van der Waals surface area contributed by atoms with E-state index in [1.807, 2.05) is 36.4 Å². The summed E-state index contributed by atoms with van der Waals surface area (Å²) in [4.78, 5) is 31.9. The highest BCUT2D eigenvalue weighted by molar-refractivity contribution is 6.27. The van der Waals surface area contributed by atoms with Crippen molar-refractivity contribution < 1.29 is 14.0 Å². The van der Waals surface area contributed by atoms with Crippen LogP contribution in [-0.4, -0.2) is 21.7 Å². The number of nitrogens with zero attached hydrogens (tertiary/aromatic N) is 2. The smallest absolute Gasteiger partial charge is 0.262 e. The first-order valence-electron chi connectivity index (χ1n) is 9.21. The molecule has 0 aliphatic carbocycles. The topological polar surface area (TPSA) is 50.3 Å². The molecule has 0 radical (unpaired) electrons. The lowest BCUT2D eigenvalue weighted by atomic mass is 9.90. The number of hydrogen-bond donors (Lipinski definition) is 0. The number of benzene rings is 3. The first-order chi connectivity index (χ1) is 14.1. The molecular formula is C24H15FN2O2. The molecule has 0 unspecified atom stereocenters. The summed E-state index contributed by atoms with van der Waals surface area (Å²) in [5, 5.41) is 1.32. The largest absolute Gasteiger partial charge is 0.269 e. The summed E-state index contributed by atoms with van der Waals surface area (Å²) >= 11 is 0. The maximum absolute atomic E-state index is 14.1. The average molecular weight is 382 g/mol. The van der Waals surface area contributed by atoms with Gasteiger partial charge in [0.1, 0.15) is 5.82 Å². The Hall–Kier alpha value is -3.86. The first kappa shape index (κ1) is 17.3. The van der Waals surface area contributed by atoms with E-state index in [1.54, 1.807) is 30.5 Å². The standard InChI is InChI=1S/C24H15FN2O2/c25-17-10-9-16-12-20-22(21(19(16)13-17)15-6-2-1-3-7-15)24(29)27(23(20)28)14-18-8-4-5-11-26-18/h1-13H,14H2. The van der Waals surface area contributed by atoms with Crippen LogP contribution in [0.3, 0.4) is 0 Å². The third-order valence-corrected chi connectivity index (χ3v) is 5.15. The van der Waals surface area contributed by atoms with Crippen molar-refractivity contribution in [3.8, 4) is 11.1 Å².